The van der Waals surface area contributed by atoms with E-state index in [1.807, 2.05) is 13.0 Å². The maximum Gasteiger partial charge on any atom is 0.293 e. The maximum atomic E-state index is 13.0. The maximum absolute atomic E-state index is 13.0. The molecule has 1 aliphatic rings. The number of ether oxygens (including phenoxy) is 2. The van der Waals surface area contributed by atoms with Crippen LogP contribution < -0.4 is 9.47 Å². The molecule has 1 aliphatic heterocycles. The second-order valence-corrected chi connectivity index (χ2v) is 11.3. The van der Waals surface area contributed by atoms with Crippen molar-refractivity contribution in [3.63, 3.8) is 0 Å². The molecule has 0 bridgehead atoms. The number of carbonyl (C=O) groups is 2. The first kappa shape index (κ1) is 28.1. The van der Waals surface area contributed by atoms with Gasteiger partial charge in [0, 0.05) is 10.0 Å². The van der Waals surface area contributed by atoms with Crippen LogP contribution in [0.1, 0.15) is 23.6 Å². The first-order chi connectivity index (χ1) is 17.7. The van der Waals surface area contributed by atoms with E-state index in [-0.39, 0.29) is 23.3 Å². The van der Waals surface area contributed by atoms with Crippen LogP contribution in [0.15, 0.2) is 57.9 Å². The lowest BCUT2D eigenvalue weighted by atomic mass is 10.1. The van der Waals surface area contributed by atoms with Gasteiger partial charge < -0.3 is 9.47 Å². The second kappa shape index (κ2) is 12.3. The molecule has 0 aliphatic carbocycles. The Balaban J connectivity index is 1.55. The molecule has 3 aromatic carbocycles. The monoisotopic (exact) mass is 659 g/mol. The van der Waals surface area contributed by atoms with Gasteiger partial charge in [0.1, 0.15) is 6.61 Å². The molecule has 0 saturated carbocycles. The van der Waals surface area contributed by atoms with E-state index in [9.17, 15) is 9.59 Å². The summed E-state index contributed by atoms with van der Waals surface area (Å²) in [6, 6.07) is 13.7. The van der Waals surface area contributed by atoms with E-state index >= 15 is 0 Å². The van der Waals surface area contributed by atoms with Gasteiger partial charge >= 0.3 is 0 Å². The van der Waals surface area contributed by atoms with Crippen molar-refractivity contribution in [2.24, 2.45) is 0 Å². The van der Waals surface area contributed by atoms with Crippen LogP contribution >= 0.6 is 74.1 Å². The third kappa shape index (κ3) is 6.77. The summed E-state index contributed by atoms with van der Waals surface area (Å²) in [6.45, 7) is 2.54. The standard InChI is InChI=1S/C26H18BrCl4NO4S/c1-2-35-22-9-15(7-18(27)24(22)36-13-14-3-6-19(29)21(31)8-14)10-23-25(33)32(26(34)37-23)12-16-4-5-17(28)11-20(16)30/h3-11H,2,12-13H2,1H3/b23-10+. The van der Waals surface area contributed by atoms with Crippen molar-refractivity contribution in [2.75, 3.05) is 6.61 Å². The van der Waals surface area contributed by atoms with Gasteiger partial charge in [-0.05, 0) is 93.8 Å². The number of benzene rings is 3. The Morgan fingerprint density at radius 2 is 1.73 bits per heavy atom. The highest BCUT2D eigenvalue weighted by molar-refractivity contribution is 9.10. The smallest absolute Gasteiger partial charge is 0.293 e. The van der Waals surface area contributed by atoms with Crippen LogP contribution in [0.2, 0.25) is 20.1 Å². The fourth-order valence-corrected chi connectivity index (χ4v) is 5.67. The molecular formula is C26H18BrCl4NO4S. The third-order valence-electron chi connectivity index (χ3n) is 5.21. The fourth-order valence-electron chi connectivity index (χ4n) is 3.47. The molecule has 0 radical (unpaired) electrons. The third-order valence-corrected chi connectivity index (χ3v) is 8.04. The molecule has 0 unspecified atom stereocenters. The Morgan fingerprint density at radius 3 is 2.43 bits per heavy atom. The summed E-state index contributed by atoms with van der Waals surface area (Å²) in [7, 11) is 0. The van der Waals surface area contributed by atoms with Crippen LogP contribution in [0.5, 0.6) is 11.5 Å². The molecule has 5 nitrogen and oxygen atoms in total. The number of imide groups is 1. The van der Waals surface area contributed by atoms with Crippen molar-refractivity contribution in [1.29, 1.82) is 0 Å². The number of thioether (sulfide) groups is 1. The molecule has 0 N–H and O–H groups in total. The minimum Gasteiger partial charge on any atom is -0.490 e. The van der Waals surface area contributed by atoms with E-state index < -0.39 is 5.91 Å². The molecule has 11 heteroatoms. The Morgan fingerprint density at radius 1 is 0.946 bits per heavy atom. The number of carbonyl (C=O) groups excluding carboxylic acids is 2. The highest BCUT2D eigenvalue weighted by Gasteiger charge is 2.35. The molecule has 0 spiro atoms. The van der Waals surface area contributed by atoms with Crippen molar-refractivity contribution < 1.29 is 19.1 Å². The molecule has 0 atom stereocenters. The predicted octanol–water partition coefficient (Wildman–Crippen LogP) is 9.28. The highest BCUT2D eigenvalue weighted by atomic mass is 79.9. The van der Waals surface area contributed by atoms with Crippen molar-refractivity contribution in [1.82, 2.24) is 4.90 Å². The lowest BCUT2D eigenvalue weighted by Crippen LogP contribution is -2.27. The molecule has 1 saturated heterocycles. The normalized spacial score (nSPS) is 14.5. The minimum atomic E-state index is -0.407. The Kier molecular flexibility index (Phi) is 9.38. The number of amides is 2. The molecule has 4 rings (SSSR count). The first-order valence-electron chi connectivity index (χ1n) is 10.9. The van der Waals surface area contributed by atoms with Gasteiger partial charge in [0.2, 0.25) is 0 Å². The second-order valence-electron chi connectivity index (χ2n) is 7.80. The van der Waals surface area contributed by atoms with Crippen molar-refractivity contribution in [2.45, 2.75) is 20.1 Å². The summed E-state index contributed by atoms with van der Waals surface area (Å²) in [6.07, 6.45) is 1.64. The molecule has 1 fully saturated rings. The van der Waals surface area contributed by atoms with Crippen LogP contribution in [-0.2, 0) is 17.9 Å². The van der Waals surface area contributed by atoms with Gasteiger partial charge in [-0.25, -0.2) is 0 Å². The van der Waals surface area contributed by atoms with E-state index in [0.29, 0.717) is 53.8 Å². The van der Waals surface area contributed by atoms with Gasteiger partial charge in [-0.15, -0.1) is 0 Å². The quantitative estimate of drug-likeness (QED) is 0.225. The summed E-state index contributed by atoms with van der Waals surface area (Å²) >= 11 is 28.7. The lowest BCUT2D eigenvalue weighted by Gasteiger charge is -2.15. The van der Waals surface area contributed by atoms with Crippen LogP contribution in [0.3, 0.4) is 0 Å². The largest absolute Gasteiger partial charge is 0.490 e. The predicted molar refractivity (Wildman–Crippen MR) is 154 cm³/mol. The number of hydrogen-bond donors (Lipinski definition) is 0. The average molecular weight is 662 g/mol. The molecule has 0 aromatic heterocycles. The van der Waals surface area contributed by atoms with Crippen molar-refractivity contribution in [3.8, 4) is 11.5 Å². The van der Waals surface area contributed by atoms with Gasteiger partial charge in [-0.3, -0.25) is 14.5 Å². The molecule has 3 aromatic rings. The topological polar surface area (TPSA) is 55.8 Å². The summed E-state index contributed by atoms with van der Waals surface area (Å²) < 4.78 is 12.4. The SMILES string of the molecule is CCOc1cc(/C=C2/SC(=O)N(Cc3ccc(Cl)cc3Cl)C2=O)cc(Br)c1OCc1ccc(Cl)c(Cl)c1. The molecule has 1 heterocycles. The van der Waals surface area contributed by atoms with E-state index in [4.69, 9.17) is 55.9 Å². The molecule has 37 heavy (non-hydrogen) atoms. The number of halogens is 5. The molecule has 2 amide bonds. The van der Waals surface area contributed by atoms with Gasteiger partial charge in [-0.2, -0.15) is 0 Å². The summed E-state index contributed by atoms with van der Waals surface area (Å²) in [4.78, 5) is 27.1. The zero-order valence-corrected chi connectivity index (χ0v) is 24.6. The number of nitrogens with zero attached hydrogens (tertiary/aromatic N) is 1. The Hall–Kier alpha value is -1.87. The average Bonchev–Trinajstić information content (AvgIpc) is 3.09. The minimum absolute atomic E-state index is 0.0490. The Bertz CT molecular complexity index is 1420. The van der Waals surface area contributed by atoms with Crippen LogP contribution in [-0.4, -0.2) is 22.7 Å². The van der Waals surface area contributed by atoms with Crippen LogP contribution in [0.4, 0.5) is 4.79 Å². The first-order valence-corrected chi connectivity index (χ1v) is 14.0. The molecule has 192 valence electrons. The van der Waals surface area contributed by atoms with Gasteiger partial charge in [0.25, 0.3) is 11.1 Å². The van der Waals surface area contributed by atoms with Gasteiger partial charge in [0.05, 0.1) is 32.6 Å². The van der Waals surface area contributed by atoms with Gasteiger partial charge in [-0.1, -0.05) is 58.5 Å². The highest BCUT2D eigenvalue weighted by Crippen LogP contribution is 2.40. The zero-order chi connectivity index (χ0) is 26.7. The van der Waals surface area contributed by atoms with E-state index in [2.05, 4.69) is 15.9 Å². The van der Waals surface area contributed by atoms with Crippen molar-refractivity contribution in [3.05, 3.63) is 94.7 Å². The Labute approximate surface area is 246 Å². The van der Waals surface area contributed by atoms with Crippen LogP contribution in [0.25, 0.3) is 6.08 Å². The fraction of sp³-hybridized carbons (Fsp3) is 0.154. The zero-order valence-electron chi connectivity index (χ0n) is 19.2. The van der Waals surface area contributed by atoms with Crippen LogP contribution in [0, 0.1) is 0 Å². The van der Waals surface area contributed by atoms with E-state index in [1.54, 1.807) is 48.5 Å². The molecular weight excluding hydrogens is 644 g/mol. The van der Waals surface area contributed by atoms with Gasteiger partial charge in [0.15, 0.2) is 11.5 Å². The lowest BCUT2D eigenvalue weighted by molar-refractivity contribution is -0.123. The van der Waals surface area contributed by atoms with Crippen molar-refractivity contribution >= 4 is 91.3 Å². The van der Waals surface area contributed by atoms with E-state index in [0.717, 1.165) is 22.2 Å². The number of rotatable bonds is 8. The van der Waals surface area contributed by atoms with E-state index in [1.165, 1.54) is 0 Å². The summed E-state index contributed by atoms with van der Waals surface area (Å²) in [5.74, 6) is 0.570. The number of hydrogen-bond acceptors (Lipinski definition) is 5. The summed E-state index contributed by atoms with van der Waals surface area (Å²) in [5.41, 5.74) is 2.12. The summed E-state index contributed by atoms with van der Waals surface area (Å²) in [5, 5.41) is 1.38.